The van der Waals surface area contributed by atoms with Crippen molar-refractivity contribution < 1.29 is 0 Å². The largest absolute Gasteiger partial charge is 0.312 e. The highest BCUT2D eigenvalue weighted by Crippen LogP contribution is 2.34. The first-order valence-corrected chi connectivity index (χ1v) is 8.28. The van der Waals surface area contributed by atoms with Crippen molar-refractivity contribution in [3.05, 3.63) is 56.2 Å². The van der Waals surface area contributed by atoms with E-state index in [0.29, 0.717) is 5.92 Å². The quantitative estimate of drug-likeness (QED) is 0.786. The predicted octanol–water partition coefficient (Wildman–Crippen LogP) is 5.34. The molecule has 1 aromatic heterocycles. The SMILES string of the molecule is CNC(Cc1ccc(C(C)C)cc1)c1scc(C)c1Cl. The number of halogens is 1. The summed E-state index contributed by atoms with van der Waals surface area (Å²) in [5, 5.41) is 6.42. The van der Waals surface area contributed by atoms with Gasteiger partial charge >= 0.3 is 0 Å². The van der Waals surface area contributed by atoms with Gasteiger partial charge in [0, 0.05) is 10.9 Å². The van der Waals surface area contributed by atoms with Crippen molar-refractivity contribution in [1.82, 2.24) is 5.32 Å². The summed E-state index contributed by atoms with van der Waals surface area (Å²) in [5.41, 5.74) is 3.90. The smallest absolute Gasteiger partial charge is 0.0590 e. The fraction of sp³-hybridized carbons (Fsp3) is 0.412. The normalized spacial score (nSPS) is 12.9. The second-order valence-electron chi connectivity index (χ2n) is 5.54. The molecule has 3 heteroatoms. The Bertz CT molecular complexity index is 557. The van der Waals surface area contributed by atoms with Crippen LogP contribution in [-0.2, 0) is 6.42 Å². The van der Waals surface area contributed by atoms with E-state index in [1.165, 1.54) is 21.6 Å². The molecule has 20 heavy (non-hydrogen) atoms. The zero-order chi connectivity index (χ0) is 14.7. The predicted molar refractivity (Wildman–Crippen MR) is 90.1 cm³/mol. The Balaban J connectivity index is 2.16. The highest BCUT2D eigenvalue weighted by Gasteiger charge is 2.17. The highest BCUT2D eigenvalue weighted by molar-refractivity contribution is 7.10. The van der Waals surface area contributed by atoms with E-state index in [-0.39, 0.29) is 6.04 Å². The van der Waals surface area contributed by atoms with Crippen LogP contribution in [0.15, 0.2) is 29.6 Å². The van der Waals surface area contributed by atoms with E-state index in [1.54, 1.807) is 11.3 Å². The summed E-state index contributed by atoms with van der Waals surface area (Å²) in [6.45, 7) is 6.51. The second kappa shape index (κ2) is 6.75. The molecule has 1 atom stereocenters. The Kier molecular flexibility index (Phi) is 5.25. The highest BCUT2D eigenvalue weighted by atomic mass is 35.5. The number of hydrogen-bond donors (Lipinski definition) is 1. The van der Waals surface area contributed by atoms with Crippen LogP contribution in [0.5, 0.6) is 0 Å². The van der Waals surface area contributed by atoms with Gasteiger partial charge in [0.05, 0.1) is 5.02 Å². The van der Waals surface area contributed by atoms with Crippen LogP contribution in [0.2, 0.25) is 5.02 Å². The summed E-state index contributed by atoms with van der Waals surface area (Å²) >= 11 is 8.13. The average Bonchev–Trinajstić information content (AvgIpc) is 2.77. The minimum atomic E-state index is 0.283. The molecule has 0 radical (unpaired) electrons. The molecule has 1 heterocycles. The molecule has 0 saturated heterocycles. The van der Waals surface area contributed by atoms with Gasteiger partial charge in [0.1, 0.15) is 0 Å². The third kappa shape index (κ3) is 3.43. The standard InChI is InChI=1S/C17H22ClNS/c1-11(2)14-7-5-13(6-8-14)9-15(19-4)17-16(18)12(3)10-20-17/h5-8,10-11,15,19H,9H2,1-4H3. The lowest BCUT2D eigenvalue weighted by atomic mass is 9.98. The van der Waals surface area contributed by atoms with Crippen molar-refractivity contribution in [1.29, 1.82) is 0 Å². The van der Waals surface area contributed by atoms with Gasteiger partial charge in [-0.1, -0.05) is 49.7 Å². The van der Waals surface area contributed by atoms with E-state index in [9.17, 15) is 0 Å². The van der Waals surface area contributed by atoms with Crippen LogP contribution in [0.1, 0.15) is 47.4 Å². The van der Waals surface area contributed by atoms with Crippen LogP contribution in [0.3, 0.4) is 0 Å². The number of thiophene rings is 1. The lowest BCUT2D eigenvalue weighted by molar-refractivity contribution is 0.602. The summed E-state index contributed by atoms with van der Waals surface area (Å²) in [4.78, 5) is 1.24. The lowest BCUT2D eigenvalue weighted by Gasteiger charge is -2.16. The number of aryl methyl sites for hydroxylation is 1. The maximum atomic E-state index is 6.39. The molecule has 108 valence electrons. The zero-order valence-electron chi connectivity index (χ0n) is 12.5. The molecule has 1 N–H and O–H groups in total. The summed E-state index contributed by atoms with van der Waals surface area (Å²) in [6, 6.07) is 9.20. The Morgan fingerprint density at radius 2 is 1.85 bits per heavy atom. The molecular formula is C17H22ClNS. The second-order valence-corrected chi connectivity index (χ2v) is 6.83. The van der Waals surface area contributed by atoms with E-state index in [0.717, 1.165) is 11.4 Å². The molecule has 0 bridgehead atoms. The van der Waals surface area contributed by atoms with Crippen LogP contribution in [-0.4, -0.2) is 7.05 Å². The van der Waals surface area contributed by atoms with Crippen molar-refractivity contribution in [2.45, 2.75) is 39.2 Å². The first kappa shape index (κ1) is 15.6. The topological polar surface area (TPSA) is 12.0 Å². The van der Waals surface area contributed by atoms with Crippen molar-refractivity contribution in [2.24, 2.45) is 0 Å². The fourth-order valence-electron chi connectivity index (χ4n) is 2.28. The number of hydrogen-bond acceptors (Lipinski definition) is 2. The summed E-state index contributed by atoms with van der Waals surface area (Å²) in [7, 11) is 2.00. The van der Waals surface area contributed by atoms with Crippen molar-refractivity contribution in [3.63, 3.8) is 0 Å². The van der Waals surface area contributed by atoms with E-state index in [1.807, 2.05) is 7.05 Å². The number of benzene rings is 1. The first-order valence-electron chi connectivity index (χ1n) is 7.02. The molecule has 0 aliphatic heterocycles. The van der Waals surface area contributed by atoms with E-state index in [2.05, 4.69) is 55.7 Å². The van der Waals surface area contributed by atoms with Crippen LogP contribution in [0.25, 0.3) is 0 Å². The van der Waals surface area contributed by atoms with Gasteiger partial charge in [0.25, 0.3) is 0 Å². The van der Waals surface area contributed by atoms with Gasteiger partial charge in [-0.3, -0.25) is 0 Å². The van der Waals surface area contributed by atoms with E-state index < -0.39 is 0 Å². The molecule has 0 fully saturated rings. The third-order valence-corrected chi connectivity index (χ3v) is 5.50. The molecule has 1 aromatic carbocycles. The maximum absolute atomic E-state index is 6.39. The van der Waals surface area contributed by atoms with Crippen molar-refractivity contribution in [2.75, 3.05) is 7.05 Å². The molecule has 2 rings (SSSR count). The summed E-state index contributed by atoms with van der Waals surface area (Å²) < 4.78 is 0. The molecule has 0 amide bonds. The van der Waals surface area contributed by atoms with Gasteiger partial charge in [0.2, 0.25) is 0 Å². The average molecular weight is 308 g/mol. The molecule has 0 aliphatic carbocycles. The Morgan fingerprint density at radius 3 is 2.30 bits per heavy atom. The maximum Gasteiger partial charge on any atom is 0.0590 e. The van der Waals surface area contributed by atoms with Gasteiger partial charge in [-0.2, -0.15) is 0 Å². The monoisotopic (exact) mass is 307 g/mol. The molecular weight excluding hydrogens is 286 g/mol. The van der Waals surface area contributed by atoms with Gasteiger partial charge in [-0.15, -0.1) is 11.3 Å². The molecule has 0 spiro atoms. The molecule has 1 unspecified atom stereocenters. The Morgan fingerprint density at radius 1 is 1.20 bits per heavy atom. The van der Waals surface area contributed by atoms with E-state index in [4.69, 9.17) is 11.6 Å². The molecule has 0 aliphatic rings. The van der Waals surface area contributed by atoms with Crippen molar-refractivity contribution in [3.8, 4) is 0 Å². The molecule has 0 saturated carbocycles. The number of likely N-dealkylation sites (N-methyl/N-ethyl adjacent to an activating group) is 1. The minimum absolute atomic E-state index is 0.283. The lowest BCUT2D eigenvalue weighted by Crippen LogP contribution is -2.18. The van der Waals surface area contributed by atoms with E-state index >= 15 is 0 Å². The van der Waals surface area contributed by atoms with Crippen LogP contribution >= 0.6 is 22.9 Å². The first-order chi connectivity index (χ1) is 9.52. The molecule has 2 aromatic rings. The fourth-order valence-corrected chi connectivity index (χ4v) is 3.72. The van der Waals surface area contributed by atoms with Gasteiger partial charge in [-0.05, 0) is 48.4 Å². The van der Waals surface area contributed by atoms with Crippen molar-refractivity contribution >= 4 is 22.9 Å². The van der Waals surface area contributed by atoms with Gasteiger partial charge in [0.15, 0.2) is 0 Å². The van der Waals surface area contributed by atoms with Crippen LogP contribution < -0.4 is 5.32 Å². The van der Waals surface area contributed by atoms with Gasteiger partial charge in [-0.25, -0.2) is 0 Å². The Labute approximate surface area is 131 Å². The Hall–Kier alpha value is -0.830. The van der Waals surface area contributed by atoms with Gasteiger partial charge < -0.3 is 5.32 Å². The van der Waals surface area contributed by atoms with Crippen LogP contribution in [0.4, 0.5) is 0 Å². The number of nitrogens with one attached hydrogen (secondary N) is 1. The summed E-state index contributed by atoms with van der Waals surface area (Å²) in [6.07, 6.45) is 0.967. The minimum Gasteiger partial charge on any atom is -0.312 e. The zero-order valence-corrected chi connectivity index (χ0v) is 14.1. The van der Waals surface area contributed by atoms with Crippen LogP contribution in [0, 0.1) is 6.92 Å². The summed E-state index contributed by atoms with van der Waals surface area (Å²) in [5.74, 6) is 0.582. The third-order valence-electron chi connectivity index (χ3n) is 3.68. The molecule has 1 nitrogen and oxygen atoms in total. The number of rotatable bonds is 5.